The van der Waals surface area contributed by atoms with Gasteiger partial charge in [0.05, 0.1) is 18.3 Å². The highest BCUT2D eigenvalue weighted by molar-refractivity contribution is 5.90. The van der Waals surface area contributed by atoms with Gasteiger partial charge in [-0.2, -0.15) is 0 Å². The molecule has 1 aromatic carbocycles. The summed E-state index contributed by atoms with van der Waals surface area (Å²) >= 11 is 0. The van der Waals surface area contributed by atoms with Gasteiger partial charge in [0.1, 0.15) is 5.82 Å². The third-order valence-electron chi connectivity index (χ3n) is 1.98. The molecular formula is C11H14FNO3. The van der Waals surface area contributed by atoms with E-state index in [4.69, 9.17) is 15.6 Å². The molecule has 0 fully saturated rings. The van der Waals surface area contributed by atoms with Crippen LogP contribution in [0.5, 0.6) is 0 Å². The Morgan fingerprint density at radius 2 is 2.31 bits per heavy atom. The minimum Gasteiger partial charge on any atom is -0.462 e. The second-order valence-electron chi connectivity index (χ2n) is 3.51. The Hall–Kier alpha value is -1.62. The van der Waals surface area contributed by atoms with Crippen molar-refractivity contribution in [2.75, 3.05) is 12.3 Å². The molecule has 1 unspecified atom stereocenters. The van der Waals surface area contributed by atoms with Crippen LogP contribution in [0, 0.1) is 5.82 Å². The molecule has 0 spiro atoms. The van der Waals surface area contributed by atoms with Gasteiger partial charge in [0, 0.05) is 12.1 Å². The first-order valence-corrected chi connectivity index (χ1v) is 4.91. The van der Waals surface area contributed by atoms with Crippen molar-refractivity contribution in [3.05, 3.63) is 29.6 Å². The van der Waals surface area contributed by atoms with E-state index in [-0.39, 0.29) is 17.9 Å². The van der Waals surface area contributed by atoms with Crippen LogP contribution in [0.25, 0.3) is 0 Å². The smallest absolute Gasteiger partial charge is 0.341 e. The molecule has 4 nitrogen and oxygen atoms in total. The molecule has 5 heteroatoms. The lowest BCUT2D eigenvalue weighted by atomic mass is 10.2. The molecule has 0 radical (unpaired) electrons. The van der Waals surface area contributed by atoms with Crippen molar-refractivity contribution in [2.24, 2.45) is 0 Å². The van der Waals surface area contributed by atoms with Gasteiger partial charge in [-0.25, -0.2) is 9.18 Å². The zero-order chi connectivity index (χ0) is 12.1. The molecule has 16 heavy (non-hydrogen) atoms. The zero-order valence-electron chi connectivity index (χ0n) is 8.94. The maximum Gasteiger partial charge on any atom is 0.341 e. The van der Waals surface area contributed by atoms with Crippen molar-refractivity contribution < 1.29 is 19.0 Å². The molecule has 1 atom stereocenters. The minimum absolute atomic E-state index is 0.0559. The molecule has 0 amide bonds. The molecule has 0 aliphatic heterocycles. The SMILES string of the molecule is CC(O)CCOC(=O)c1ccc(N)cc1F. The zero-order valence-corrected chi connectivity index (χ0v) is 8.94. The quantitative estimate of drug-likeness (QED) is 0.601. The summed E-state index contributed by atoms with van der Waals surface area (Å²) in [5.74, 6) is -1.46. The van der Waals surface area contributed by atoms with Crippen LogP contribution in [-0.4, -0.2) is 23.8 Å². The molecule has 0 saturated carbocycles. The highest BCUT2D eigenvalue weighted by Crippen LogP contribution is 2.13. The molecule has 0 aliphatic carbocycles. The Labute approximate surface area is 92.8 Å². The predicted molar refractivity (Wildman–Crippen MR) is 57.4 cm³/mol. The largest absolute Gasteiger partial charge is 0.462 e. The number of nitrogens with two attached hydrogens (primary N) is 1. The highest BCUT2D eigenvalue weighted by atomic mass is 19.1. The van der Waals surface area contributed by atoms with Gasteiger partial charge in [-0.05, 0) is 25.1 Å². The van der Waals surface area contributed by atoms with Crippen molar-refractivity contribution >= 4 is 11.7 Å². The predicted octanol–water partition coefficient (Wildman–Crippen LogP) is 1.34. The van der Waals surface area contributed by atoms with Crippen molar-refractivity contribution in [1.29, 1.82) is 0 Å². The summed E-state index contributed by atoms with van der Waals surface area (Å²) in [7, 11) is 0. The summed E-state index contributed by atoms with van der Waals surface area (Å²) in [5.41, 5.74) is 5.44. The second-order valence-corrected chi connectivity index (χ2v) is 3.51. The first-order chi connectivity index (χ1) is 7.50. The lowest BCUT2D eigenvalue weighted by Crippen LogP contribution is -2.12. The number of carbonyl (C=O) groups is 1. The van der Waals surface area contributed by atoms with Gasteiger partial charge in [0.25, 0.3) is 0 Å². The summed E-state index contributed by atoms with van der Waals surface area (Å²) in [5, 5.41) is 8.94. The van der Waals surface area contributed by atoms with E-state index in [1.165, 1.54) is 12.1 Å². The van der Waals surface area contributed by atoms with Gasteiger partial charge in [0.15, 0.2) is 0 Å². The van der Waals surface area contributed by atoms with Gasteiger partial charge >= 0.3 is 5.97 Å². The summed E-state index contributed by atoms with van der Waals surface area (Å²) in [6.45, 7) is 1.64. The van der Waals surface area contributed by atoms with Crippen molar-refractivity contribution in [2.45, 2.75) is 19.4 Å². The van der Waals surface area contributed by atoms with E-state index in [1.54, 1.807) is 6.92 Å². The fourth-order valence-electron chi connectivity index (χ4n) is 1.10. The number of nitrogen functional groups attached to an aromatic ring is 1. The van der Waals surface area contributed by atoms with Crippen LogP contribution in [0.2, 0.25) is 0 Å². The Bertz CT molecular complexity index is 379. The van der Waals surface area contributed by atoms with Crippen molar-refractivity contribution in [1.82, 2.24) is 0 Å². The summed E-state index contributed by atoms with van der Waals surface area (Å²) in [4.78, 5) is 11.4. The van der Waals surface area contributed by atoms with E-state index in [2.05, 4.69) is 0 Å². The van der Waals surface area contributed by atoms with Gasteiger partial charge in [-0.3, -0.25) is 0 Å². The number of benzene rings is 1. The first kappa shape index (κ1) is 12.4. The van der Waals surface area contributed by atoms with Crippen LogP contribution in [0.3, 0.4) is 0 Å². The van der Waals surface area contributed by atoms with E-state index in [0.29, 0.717) is 6.42 Å². The number of aliphatic hydroxyl groups excluding tert-OH is 1. The van der Waals surface area contributed by atoms with E-state index < -0.39 is 17.9 Å². The highest BCUT2D eigenvalue weighted by Gasteiger charge is 2.13. The number of halogens is 1. The molecule has 0 heterocycles. The molecule has 3 N–H and O–H groups in total. The Kier molecular flexibility index (Phi) is 4.25. The van der Waals surface area contributed by atoms with Crippen molar-refractivity contribution in [3.8, 4) is 0 Å². The number of rotatable bonds is 4. The molecule has 0 aliphatic rings. The standard InChI is InChI=1S/C11H14FNO3/c1-7(14)4-5-16-11(15)9-3-2-8(13)6-10(9)12/h2-3,6-7,14H,4-5,13H2,1H3. The topological polar surface area (TPSA) is 72.5 Å². The molecule has 88 valence electrons. The van der Waals surface area contributed by atoms with Crippen LogP contribution in [0.4, 0.5) is 10.1 Å². The fourth-order valence-corrected chi connectivity index (χ4v) is 1.10. The molecule has 1 aromatic rings. The van der Waals surface area contributed by atoms with Gasteiger partial charge in [-0.15, -0.1) is 0 Å². The number of ether oxygens (including phenoxy) is 1. The van der Waals surface area contributed by atoms with Crippen LogP contribution in [0.15, 0.2) is 18.2 Å². The second kappa shape index (κ2) is 5.46. The molecule has 0 aromatic heterocycles. The number of aliphatic hydroxyl groups is 1. The van der Waals surface area contributed by atoms with Crippen LogP contribution in [-0.2, 0) is 4.74 Å². The normalized spacial score (nSPS) is 12.2. The summed E-state index contributed by atoms with van der Waals surface area (Å²) in [6, 6.07) is 3.76. The number of carbonyl (C=O) groups excluding carboxylic acids is 1. The first-order valence-electron chi connectivity index (χ1n) is 4.91. The molecule has 1 rings (SSSR count). The maximum atomic E-state index is 13.3. The third kappa shape index (κ3) is 3.51. The average molecular weight is 227 g/mol. The van der Waals surface area contributed by atoms with E-state index in [0.717, 1.165) is 6.07 Å². The maximum absolute atomic E-state index is 13.3. The summed E-state index contributed by atoms with van der Waals surface area (Å²) in [6.07, 6.45) is -0.230. The number of hydrogen-bond acceptors (Lipinski definition) is 4. The van der Waals surface area contributed by atoms with E-state index in [1.807, 2.05) is 0 Å². The van der Waals surface area contributed by atoms with E-state index in [9.17, 15) is 9.18 Å². The monoisotopic (exact) mass is 227 g/mol. The number of esters is 1. The average Bonchev–Trinajstić information content (AvgIpc) is 2.16. The van der Waals surface area contributed by atoms with Crippen LogP contribution >= 0.6 is 0 Å². The molecular weight excluding hydrogens is 213 g/mol. The minimum atomic E-state index is -0.752. The van der Waals surface area contributed by atoms with Gasteiger partial charge in [0.2, 0.25) is 0 Å². The number of hydrogen-bond donors (Lipinski definition) is 2. The lowest BCUT2D eigenvalue weighted by molar-refractivity contribution is 0.0439. The van der Waals surface area contributed by atoms with E-state index >= 15 is 0 Å². The van der Waals surface area contributed by atoms with Crippen LogP contribution in [0.1, 0.15) is 23.7 Å². The molecule has 0 bridgehead atoms. The Balaban J connectivity index is 2.59. The Morgan fingerprint density at radius 3 is 2.88 bits per heavy atom. The summed E-state index contributed by atoms with van der Waals surface area (Å²) < 4.78 is 18.0. The Morgan fingerprint density at radius 1 is 1.62 bits per heavy atom. The number of anilines is 1. The molecule has 0 saturated heterocycles. The third-order valence-corrected chi connectivity index (χ3v) is 1.98. The van der Waals surface area contributed by atoms with Gasteiger partial charge in [-0.1, -0.05) is 0 Å². The van der Waals surface area contributed by atoms with Gasteiger partial charge < -0.3 is 15.6 Å². The van der Waals surface area contributed by atoms with Crippen LogP contribution < -0.4 is 5.73 Å². The van der Waals surface area contributed by atoms with Crippen molar-refractivity contribution in [3.63, 3.8) is 0 Å². The lowest BCUT2D eigenvalue weighted by Gasteiger charge is -2.07. The fraction of sp³-hybridized carbons (Fsp3) is 0.364.